The molecular formula is C15H25NO9. The van der Waals surface area contributed by atoms with Crippen molar-refractivity contribution in [2.75, 3.05) is 26.8 Å². The highest BCUT2D eigenvalue weighted by Gasteiger charge is 2.49. The normalized spacial score (nSPS) is 28.9. The Balaban J connectivity index is 2.96. The molecule has 0 aliphatic carbocycles. The van der Waals surface area contributed by atoms with Crippen LogP contribution in [0.25, 0.3) is 0 Å². The summed E-state index contributed by atoms with van der Waals surface area (Å²) in [5.74, 6) is -1.89. The number of carbonyl (C=O) groups is 3. The van der Waals surface area contributed by atoms with Gasteiger partial charge in [-0.05, 0) is 7.05 Å². The van der Waals surface area contributed by atoms with Crippen LogP contribution in [0.15, 0.2) is 0 Å². The van der Waals surface area contributed by atoms with Gasteiger partial charge in [0.15, 0.2) is 18.5 Å². The van der Waals surface area contributed by atoms with Crippen molar-refractivity contribution >= 4 is 17.9 Å². The van der Waals surface area contributed by atoms with E-state index in [0.29, 0.717) is 6.54 Å². The van der Waals surface area contributed by atoms with Gasteiger partial charge >= 0.3 is 17.9 Å². The fourth-order valence-corrected chi connectivity index (χ4v) is 2.29. The summed E-state index contributed by atoms with van der Waals surface area (Å²) >= 11 is 0. The molecule has 0 amide bonds. The van der Waals surface area contributed by atoms with Crippen LogP contribution in [0.2, 0.25) is 0 Å². The molecule has 5 atom stereocenters. The lowest BCUT2D eigenvalue weighted by Crippen LogP contribution is -2.61. The molecule has 0 unspecified atom stereocenters. The maximum Gasteiger partial charge on any atom is 0.303 e. The van der Waals surface area contributed by atoms with Crippen LogP contribution in [0.4, 0.5) is 0 Å². The third-order valence-corrected chi connectivity index (χ3v) is 3.31. The Kier molecular flexibility index (Phi) is 8.76. The van der Waals surface area contributed by atoms with E-state index in [2.05, 4.69) is 5.32 Å². The molecule has 1 heterocycles. The number of hydrogen-bond donors (Lipinski definition) is 2. The van der Waals surface area contributed by atoms with Crippen LogP contribution < -0.4 is 5.32 Å². The molecule has 144 valence electrons. The number of carbonyl (C=O) groups excluding carboxylic acids is 3. The molecule has 0 aromatic heterocycles. The summed E-state index contributed by atoms with van der Waals surface area (Å²) < 4.78 is 26.2. The zero-order valence-corrected chi connectivity index (χ0v) is 14.7. The van der Waals surface area contributed by atoms with Gasteiger partial charge in [0.05, 0.1) is 6.61 Å². The van der Waals surface area contributed by atoms with E-state index in [0.717, 1.165) is 6.92 Å². The average molecular weight is 363 g/mol. The molecule has 0 saturated carbocycles. The second kappa shape index (κ2) is 10.3. The summed E-state index contributed by atoms with van der Waals surface area (Å²) in [6.45, 7) is 3.98. The summed E-state index contributed by atoms with van der Waals surface area (Å²) in [4.78, 5) is 33.7. The van der Waals surface area contributed by atoms with Gasteiger partial charge in [0, 0.05) is 27.3 Å². The molecule has 2 N–H and O–H groups in total. The molecule has 0 spiro atoms. The van der Waals surface area contributed by atoms with Crippen molar-refractivity contribution in [1.29, 1.82) is 0 Å². The Bertz CT molecular complexity index is 468. The molecule has 0 radical (unpaired) electrons. The van der Waals surface area contributed by atoms with Gasteiger partial charge in [-0.15, -0.1) is 0 Å². The van der Waals surface area contributed by atoms with Gasteiger partial charge in [0.1, 0.15) is 18.8 Å². The first-order chi connectivity index (χ1) is 11.8. The highest BCUT2D eigenvalue weighted by atomic mass is 16.7. The average Bonchev–Trinajstić information content (AvgIpc) is 2.51. The van der Waals surface area contributed by atoms with Crippen molar-refractivity contribution in [3.8, 4) is 0 Å². The number of aliphatic hydroxyl groups excluding tert-OH is 1. The van der Waals surface area contributed by atoms with E-state index in [4.69, 9.17) is 23.7 Å². The minimum atomic E-state index is -1.42. The first kappa shape index (κ1) is 21.3. The molecule has 1 aliphatic heterocycles. The summed E-state index contributed by atoms with van der Waals surface area (Å²) in [5, 5.41) is 13.4. The molecule has 10 nitrogen and oxygen atoms in total. The molecule has 1 aliphatic rings. The zero-order valence-electron chi connectivity index (χ0n) is 14.7. The largest absolute Gasteiger partial charge is 0.463 e. The molecule has 1 saturated heterocycles. The number of ether oxygens (including phenoxy) is 5. The van der Waals surface area contributed by atoms with Gasteiger partial charge < -0.3 is 34.1 Å². The van der Waals surface area contributed by atoms with E-state index in [1.54, 1.807) is 7.05 Å². The summed E-state index contributed by atoms with van der Waals surface area (Å²) in [5.41, 5.74) is 0. The highest BCUT2D eigenvalue weighted by Crippen LogP contribution is 2.27. The lowest BCUT2D eigenvalue weighted by Gasteiger charge is -2.42. The smallest absolute Gasteiger partial charge is 0.303 e. The molecule has 0 bridgehead atoms. The Morgan fingerprint density at radius 1 is 1.04 bits per heavy atom. The molecule has 1 fully saturated rings. The molecule has 10 heteroatoms. The van der Waals surface area contributed by atoms with Crippen LogP contribution in [0.3, 0.4) is 0 Å². The number of likely N-dealkylation sites (N-methyl/N-ethyl adjacent to an activating group) is 1. The molecular weight excluding hydrogens is 338 g/mol. The van der Waals surface area contributed by atoms with Gasteiger partial charge in [-0.25, -0.2) is 0 Å². The predicted molar refractivity (Wildman–Crippen MR) is 82.3 cm³/mol. The maximum atomic E-state index is 11.3. The van der Waals surface area contributed by atoms with Crippen molar-refractivity contribution in [3.63, 3.8) is 0 Å². The van der Waals surface area contributed by atoms with Crippen LogP contribution >= 0.6 is 0 Å². The first-order valence-electron chi connectivity index (χ1n) is 7.83. The van der Waals surface area contributed by atoms with Crippen molar-refractivity contribution < 1.29 is 43.2 Å². The monoisotopic (exact) mass is 363 g/mol. The predicted octanol–water partition coefficient (Wildman–Crippen LogP) is -1.27. The fraction of sp³-hybridized carbons (Fsp3) is 0.800. The summed E-state index contributed by atoms with van der Waals surface area (Å²) in [6, 6.07) is 0. The van der Waals surface area contributed by atoms with Gasteiger partial charge in [-0.1, -0.05) is 0 Å². The Morgan fingerprint density at radius 3 is 2.16 bits per heavy atom. The fourth-order valence-electron chi connectivity index (χ4n) is 2.29. The van der Waals surface area contributed by atoms with Crippen LogP contribution in [-0.4, -0.2) is 80.5 Å². The minimum absolute atomic E-state index is 0.212. The van der Waals surface area contributed by atoms with E-state index in [1.165, 1.54) is 13.8 Å². The quantitative estimate of drug-likeness (QED) is 0.306. The number of nitrogens with one attached hydrogen (secondary N) is 1. The number of rotatable bonds is 8. The zero-order chi connectivity index (χ0) is 19.0. The van der Waals surface area contributed by atoms with Crippen LogP contribution in [0.5, 0.6) is 0 Å². The van der Waals surface area contributed by atoms with E-state index >= 15 is 0 Å². The number of esters is 3. The maximum absolute atomic E-state index is 11.3. The third kappa shape index (κ3) is 6.94. The third-order valence-electron chi connectivity index (χ3n) is 3.31. The second-order valence-corrected chi connectivity index (χ2v) is 5.46. The van der Waals surface area contributed by atoms with E-state index in [1.807, 2.05) is 0 Å². The Morgan fingerprint density at radius 2 is 1.64 bits per heavy atom. The minimum Gasteiger partial charge on any atom is -0.463 e. The molecule has 0 aromatic carbocycles. The number of hydrogen-bond acceptors (Lipinski definition) is 10. The van der Waals surface area contributed by atoms with Gasteiger partial charge in [-0.2, -0.15) is 0 Å². The molecule has 0 aromatic rings. The Hall–Kier alpha value is -1.75. The van der Waals surface area contributed by atoms with Crippen molar-refractivity contribution in [3.05, 3.63) is 0 Å². The van der Waals surface area contributed by atoms with Gasteiger partial charge in [-0.3, -0.25) is 14.4 Å². The van der Waals surface area contributed by atoms with E-state index in [-0.39, 0.29) is 13.2 Å². The van der Waals surface area contributed by atoms with Crippen molar-refractivity contribution in [2.24, 2.45) is 0 Å². The van der Waals surface area contributed by atoms with Gasteiger partial charge in [0.2, 0.25) is 0 Å². The SMILES string of the molecule is CNCCO[C@@H]1O[C@H](COC(C)=O)[C@@H](OC(C)=O)[C@H](O)[C@H]1OC(C)=O. The number of aliphatic hydroxyl groups is 1. The summed E-state index contributed by atoms with van der Waals surface area (Å²) in [7, 11) is 1.73. The lowest BCUT2D eigenvalue weighted by atomic mass is 9.98. The molecule has 1 rings (SSSR count). The Labute approximate surface area is 145 Å². The standard InChI is InChI=1S/C15H25NO9/c1-8(17)22-7-11-13(23-9(2)18)12(20)14(24-10(3)19)15(25-11)21-6-5-16-4/h11-16,20H,5-7H2,1-4H3/t11-,12+,13-,14-,15-/m1/s1. The first-order valence-corrected chi connectivity index (χ1v) is 7.83. The van der Waals surface area contributed by atoms with Crippen LogP contribution in [0, 0.1) is 0 Å². The molecule has 25 heavy (non-hydrogen) atoms. The lowest BCUT2D eigenvalue weighted by molar-refractivity contribution is -0.305. The van der Waals surface area contributed by atoms with Crippen LogP contribution in [-0.2, 0) is 38.1 Å². The van der Waals surface area contributed by atoms with Gasteiger partial charge in [0.25, 0.3) is 0 Å². The highest BCUT2D eigenvalue weighted by molar-refractivity contribution is 5.67. The van der Waals surface area contributed by atoms with Crippen molar-refractivity contribution in [2.45, 2.75) is 51.5 Å². The second-order valence-electron chi connectivity index (χ2n) is 5.46. The van der Waals surface area contributed by atoms with E-state index < -0.39 is 48.6 Å². The van der Waals surface area contributed by atoms with Crippen molar-refractivity contribution in [1.82, 2.24) is 5.32 Å². The summed E-state index contributed by atoms with van der Waals surface area (Å²) in [6.07, 6.45) is -5.90. The van der Waals surface area contributed by atoms with E-state index in [9.17, 15) is 19.5 Å². The van der Waals surface area contributed by atoms with Crippen LogP contribution in [0.1, 0.15) is 20.8 Å². The topological polar surface area (TPSA) is 130 Å².